The standard InChI is InChI=1S/C15H19N5O2/c1-10-4-7-20(8-5-10)15-16-6-3-12(17-15)14(21)18-13-9-11(2)22-19-13/h3,6,9-10H,4-5,7-8H2,1-2H3,(H,18,19,21). The molecular formula is C15H19N5O2. The fourth-order valence-corrected chi connectivity index (χ4v) is 2.44. The number of hydrogen-bond acceptors (Lipinski definition) is 6. The Kier molecular flexibility index (Phi) is 4.04. The lowest BCUT2D eigenvalue weighted by molar-refractivity contribution is 0.102. The molecule has 0 unspecified atom stereocenters. The molecule has 1 fully saturated rings. The number of nitrogens with one attached hydrogen (secondary N) is 1. The first-order valence-corrected chi connectivity index (χ1v) is 7.44. The van der Waals surface area contributed by atoms with Gasteiger partial charge < -0.3 is 14.7 Å². The third-order valence-corrected chi connectivity index (χ3v) is 3.81. The molecule has 22 heavy (non-hydrogen) atoms. The lowest BCUT2D eigenvalue weighted by Gasteiger charge is -2.30. The maximum absolute atomic E-state index is 12.2. The molecule has 1 aliphatic heterocycles. The van der Waals surface area contributed by atoms with Crippen LogP contribution in [-0.4, -0.2) is 34.1 Å². The van der Waals surface area contributed by atoms with Crippen molar-refractivity contribution in [3.05, 3.63) is 29.8 Å². The third kappa shape index (κ3) is 3.24. The predicted molar refractivity (Wildman–Crippen MR) is 81.8 cm³/mol. The number of anilines is 2. The van der Waals surface area contributed by atoms with E-state index in [9.17, 15) is 4.79 Å². The van der Waals surface area contributed by atoms with Crippen LogP contribution in [0.1, 0.15) is 36.0 Å². The Morgan fingerprint density at radius 1 is 1.41 bits per heavy atom. The summed E-state index contributed by atoms with van der Waals surface area (Å²) in [6.45, 7) is 5.87. The monoisotopic (exact) mass is 301 g/mol. The molecule has 1 saturated heterocycles. The lowest BCUT2D eigenvalue weighted by atomic mass is 10.00. The van der Waals surface area contributed by atoms with E-state index in [1.807, 2.05) is 0 Å². The van der Waals surface area contributed by atoms with Crippen LogP contribution in [0.2, 0.25) is 0 Å². The summed E-state index contributed by atoms with van der Waals surface area (Å²) < 4.78 is 4.92. The van der Waals surface area contributed by atoms with Crippen molar-refractivity contribution in [3.8, 4) is 0 Å². The van der Waals surface area contributed by atoms with Crippen molar-refractivity contribution >= 4 is 17.7 Å². The highest BCUT2D eigenvalue weighted by Crippen LogP contribution is 2.20. The van der Waals surface area contributed by atoms with E-state index in [1.54, 1.807) is 25.3 Å². The minimum atomic E-state index is -0.317. The zero-order valence-electron chi connectivity index (χ0n) is 12.7. The predicted octanol–water partition coefficient (Wildman–Crippen LogP) is 2.26. The van der Waals surface area contributed by atoms with E-state index in [4.69, 9.17) is 4.52 Å². The van der Waals surface area contributed by atoms with Crippen molar-refractivity contribution < 1.29 is 9.32 Å². The van der Waals surface area contributed by atoms with Crippen LogP contribution in [0, 0.1) is 12.8 Å². The molecule has 0 aromatic carbocycles. The van der Waals surface area contributed by atoms with Gasteiger partial charge in [0, 0.05) is 25.4 Å². The SMILES string of the molecule is Cc1cc(NC(=O)c2ccnc(N3CCC(C)CC3)n2)no1. The summed E-state index contributed by atoms with van der Waals surface area (Å²) in [6.07, 6.45) is 3.86. The molecule has 1 amide bonds. The first-order chi connectivity index (χ1) is 10.6. The van der Waals surface area contributed by atoms with Crippen molar-refractivity contribution in [1.82, 2.24) is 15.1 Å². The number of piperidine rings is 1. The number of aryl methyl sites for hydroxylation is 1. The molecule has 0 saturated carbocycles. The zero-order valence-corrected chi connectivity index (χ0v) is 12.7. The van der Waals surface area contributed by atoms with Gasteiger partial charge in [-0.1, -0.05) is 12.1 Å². The van der Waals surface area contributed by atoms with Gasteiger partial charge in [-0.15, -0.1) is 0 Å². The fourth-order valence-electron chi connectivity index (χ4n) is 2.44. The average molecular weight is 301 g/mol. The van der Waals surface area contributed by atoms with Gasteiger partial charge in [0.25, 0.3) is 5.91 Å². The molecule has 7 nitrogen and oxygen atoms in total. The first kappa shape index (κ1) is 14.5. The number of carbonyl (C=O) groups is 1. The smallest absolute Gasteiger partial charge is 0.275 e. The highest BCUT2D eigenvalue weighted by atomic mass is 16.5. The van der Waals surface area contributed by atoms with Crippen LogP contribution in [0.3, 0.4) is 0 Å². The number of hydrogen-bond donors (Lipinski definition) is 1. The Morgan fingerprint density at radius 2 is 2.18 bits per heavy atom. The fraction of sp³-hybridized carbons (Fsp3) is 0.467. The molecule has 0 spiro atoms. The van der Waals surface area contributed by atoms with E-state index in [-0.39, 0.29) is 5.91 Å². The second-order valence-corrected chi connectivity index (χ2v) is 5.69. The quantitative estimate of drug-likeness (QED) is 0.936. The van der Waals surface area contributed by atoms with E-state index in [0.717, 1.165) is 31.8 Å². The van der Waals surface area contributed by atoms with Crippen molar-refractivity contribution in [1.29, 1.82) is 0 Å². The molecule has 0 radical (unpaired) electrons. The largest absolute Gasteiger partial charge is 0.360 e. The minimum Gasteiger partial charge on any atom is -0.360 e. The van der Waals surface area contributed by atoms with Gasteiger partial charge in [0.1, 0.15) is 11.5 Å². The van der Waals surface area contributed by atoms with Gasteiger partial charge >= 0.3 is 0 Å². The van der Waals surface area contributed by atoms with Gasteiger partial charge in [0.2, 0.25) is 5.95 Å². The zero-order chi connectivity index (χ0) is 15.5. The molecular weight excluding hydrogens is 282 g/mol. The van der Waals surface area contributed by atoms with E-state index < -0.39 is 0 Å². The van der Waals surface area contributed by atoms with Gasteiger partial charge in [-0.3, -0.25) is 4.79 Å². The Morgan fingerprint density at radius 3 is 2.86 bits per heavy atom. The summed E-state index contributed by atoms with van der Waals surface area (Å²) in [4.78, 5) is 23.0. The molecule has 0 bridgehead atoms. The molecule has 2 aromatic heterocycles. The molecule has 7 heteroatoms. The molecule has 1 N–H and O–H groups in total. The Hall–Kier alpha value is -2.44. The molecule has 0 aliphatic carbocycles. The van der Waals surface area contributed by atoms with Gasteiger partial charge in [-0.2, -0.15) is 0 Å². The Balaban J connectivity index is 1.71. The number of rotatable bonds is 3. The van der Waals surface area contributed by atoms with Crippen LogP contribution in [0.25, 0.3) is 0 Å². The summed E-state index contributed by atoms with van der Waals surface area (Å²) >= 11 is 0. The molecule has 2 aromatic rings. The van der Waals surface area contributed by atoms with Gasteiger partial charge in [-0.05, 0) is 31.7 Å². The second-order valence-electron chi connectivity index (χ2n) is 5.69. The van der Waals surface area contributed by atoms with E-state index >= 15 is 0 Å². The van der Waals surface area contributed by atoms with Crippen molar-refractivity contribution in [2.75, 3.05) is 23.3 Å². The van der Waals surface area contributed by atoms with E-state index in [1.165, 1.54) is 0 Å². The molecule has 116 valence electrons. The summed E-state index contributed by atoms with van der Waals surface area (Å²) in [7, 11) is 0. The number of amides is 1. The minimum absolute atomic E-state index is 0.317. The lowest BCUT2D eigenvalue weighted by Crippen LogP contribution is -2.34. The maximum Gasteiger partial charge on any atom is 0.275 e. The van der Waals surface area contributed by atoms with Crippen LogP contribution < -0.4 is 10.2 Å². The van der Waals surface area contributed by atoms with Crippen LogP contribution in [0.15, 0.2) is 22.9 Å². The first-order valence-electron chi connectivity index (χ1n) is 7.44. The normalized spacial score (nSPS) is 15.8. The van der Waals surface area contributed by atoms with Crippen LogP contribution >= 0.6 is 0 Å². The summed E-state index contributed by atoms with van der Waals surface area (Å²) in [6, 6.07) is 3.25. The molecule has 1 aliphatic rings. The van der Waals surface area contributed by atoms with Crippen molar-refractivity contribution in [2.45, 2.75) is 26.7 Å². The summed E-state index contributed by atoms with van der Waals surface area (Å²) in [5.74, 6) is 2.05. The highest BCUT2D eigenvalue weighted by Gasteiger charge is 2.19. The Bertz CT molecular complexity index is 661. The van der Waals surface area contributed by atoms with Crippen LogP contribution in [0.4, 0.5) is 11.8 Å². The van der Waals surface area contributed by atoms with Crippen molar-refractivity contribution in [2.24, 2.45) is 5.92 Å². The maximum atomic E-state index is 12.2. The van der Waals surface area contributed by atoms with Crippen LogP contribution in [0.5, 0.6) is 0 Å². The number of carbonyl (C=O) groups excluding carboxylic acids is 1. The Labute approximate surface area is 128 Å². The number of nitrogens with zero attached hydrogens (tertiary/aromatic N) is 4. The highest BCUT2D eigenvalue weighted by molar-refractivity contribution is 6.02. The van der Waals surface area contributed by atoms with Gasteiger partial charge in [0.05, 0.1) is 0 Å². The van der Waals surface area contributed by atoms with Crippen molar-refractivity contribution in [3.63, 3.8) is 0 Å². The van der Waals surface area contributed by atoms with E-state index in [0.29, 0.717) is 23.2 Å². The van der Waals surface area contributed by atoms with Gasteiger partial charge in [0.15, 0.2) is 5.82 Å². The topological polar surface area (TPSA) is 84.2 Å². The van der Waals surface area contributed by atoms with E-state index in [2.05, 4.69) is 32.3 Å². The molecule has 3 heterocycles. The summed E-state index contributed by atoms with van der Waals surface area (Å²) in [5, 5.41) is 6.40. The van der Waals surface area contributed by atoms with Gasteiger partial charge in [-0.25, -0.2) is 9.97 Å². The molecule has 0 atom stereocenters. The second kappa shape index (κ2) is 6.13. The average Bonchev–Trinajstić information content (AvgIpc) is 2.93. The summed E-state index contributed by atoms with van der Waals surface area (Å²) in [5.41, 5.74) is 0.323. The molecule has 3 rings (SSSR count). The number of aromatic nitrogens is 3. The van der Waals surface area contributed by atoms with Crippen LogP contribution in [-0.2, 0) is 0 Å². The third-order valence-electron chi connectivity index (χ3n) is 3.81.